The molecule has 1 saturated heterocycles. The van der Waals surface area contributed by atoms with Gasteiger partial charge in [0.2, 0.25) is 0 Å². The molecule has 3 aromatic carbocycles. The zero-order valence-corrected chi connectivity index (χ0v) is 15.6. The highest BCUT2D eigenvalue weighted by Gasteiger charge is 2.21. The molecule has 1 heterocycles. The van der Waals surface area contributed by atoms with Crippen LogP contribution in [0.4, 0.5) is 16.2 Å². The van der Waals surface area contributed by atoms with Gasteiger partial charge in [0.25, 0.3) is 5.91 Å². The molecule has 29 heavy (non-hydrogen) atoms. The van der Waals surface area contributed by atoms with Crippen LogP contribution in [0.3, 0.4) is 0 Å². The molecule has 0 radical (unpaired) electrons. The summed E-state index contributed by atoms with van der Waals surface area (Å²) in [6.07, 6.45) is 0. The maximum absolute atomic E-state index is 12.7. The zero-order valence-electron chi connectivity index (χ0n) is 15.6. The van der Waals surface area contributed by atoms with E-state index in [4.69, 9.17) is 0 Å². The Hall–Kier alpha value is -3.93. The molecule has 1 aliphatic rings. The van der Waals surface area contributed by atoms with Crippen LogP contribution in [-0.2, 0) is 0 Å². The number of hydrogen-bond donors (Lipinski definition) is 2. The number of benzene rings is 3. The van der Waals surface area contributed by atoms with Crippen molar-refractivity contribution in [3.8, 4) is 0 Å². The average molecular weight is 385 g/mol. The summed E-state index contributed by atoms with van der Waals surface area (Å²) in [6.45, 7) is 1.14. The van der Waals surface area contributed by atoms with Crippen molar-refractivity contribution in [1.29, 1.82) is 0 Å². The van der Waals surface area contributed by atoms with Crippen molar-refractivity contribution >= 4 is 29.1 Å². The zero-order chi connectivity index (χ0) is 20.2. The Morgan fingerprint density at radius 1 is 0.828 bits per heavy atom. The first-order valence-corrected chi connectivity index (χ1v) is 9.28. The number of urea groups is 1. The fourth-order valence-electron chi connectivity index (χ4n) is 3.23. The van der Waals surface area contributed by atoms with Gasteiger partial charge in [-0.1, -0.05) is 48.5 Å². The SMILES string of the molecule is O=C(Nc1cccc(C(=O)c2ccccc2)c1)c1cccc(N2CCNC2=O)c1. The number of carbonyl (C=O) groups is 3. The second-order valence-electron chi connectivity index (χ2n) is 6.66. The average Bonchev–Trinajstić information content (AvgIpc) is 3.20. The van der Waals surface area contributed by atoms with E-state index in [2.05, 4.69) is 10.6 Å². The molecule has 0 saturated carbocycles. The third-order valence-electron chi connectivity index (χ3n) is 4.70. The molecular formula is C23H19N3O3. The smallest absolute Gasteiger partial charge is 0.321 e. The molecular weight excluding hydrogens is 366 g/mol. The molecule has 1 aliphatic heterocycles. The first-order chi connectivity index (χ1) is 14.1. The second-order valence-corrected chi connectivity index (χ2v) is 6.66. The summed E-state index contributed by atoms with van der Waals surface area (Å²) >= 11 is 0. The van der Waals surface area contributed by atoms with Crippen molar-refractivity contribution in [3.05, 3.63) is 95.6 Å². The molecule has 6 heteroatoms. The standard InChI is InChI=1S/C23H19N3O3/c27-21(16-6-2-1-3-7-16)17-8-4-10-19(14-17)25-22(28)18-9-5-11-20(15-18)26-13-12-24-23(26)29/h1-11,14-15H,12-13H2,(H,24,29)(H,25,28). The molecule has 0 bridgehead atoms. The van der Waals surface area contributed by atoms with Crippen LogP contribution in [0.2, 0.25) is 0 Å². The largest absolute Gasteiger partial charge is 0.336 e. The quantitative estimate of drug-likeness (QED) is 0.658. The molecule has 3 aromatic rings. The topological polar surface area (TPSA) is 78.5 Å². The molecule has 0 aromatic heterocycles. The molecule has 0 spiro atoms. The Bertz CT molecular complexity index is 1080. The number of carbonyl (C=O) groups excluding carboxylic acids is 3. The van der Waals surface area contributed by atoms with Crippen LogP contribution < -0.4 is 15.5 Å². The minimum atomic E-state index is -0.309. The first kappa shape index (κ1) is 18.4. The number of hydrogen-bond acceptors (Lipinski definition) is 3. The summed E-state index contributed by atoms with van der Waals surface area (Å²) in [7, 11) is 0. The number of nitrogens with one attached hydrogen (secondary N) is 2. The van der Waals surface area contributed by atoms with E-state index in [-0.39, 0.29) is 17.7 Å². The number of anilines is 2. The molecule has 4 rings (SSSR count). The van der Waals surface area contributed by atoms with Crippen LogP contribution in [-0.4, -0.2) is 30.8 Å². The summed E-state index contributed by atoms with van der Waals surface area (Å²) in [5.74, 6) is -0.417. The lowest BCUT2D eigenvalue weighted by molar-refractivity contribution is 0.102. The van der Waals surface area contributed by atoms with Crippen molar-refractivity contribution in [2.75, 3.05) is 23.3 Å². The number of rotatable bonds is 5. The van der Waals surface area contributed by atoms with Crippen LogP contribution in [0.15, 0.2) is 78.9 Å². The third-order valence-corrected chi connectivity index (χ3v) is 4.70. The fraction of sp³-hybridized carbons (Fsp3) is 0.0870. The number of nitrogens with zero attached hydrogens (tertiary/aromatic N) is 1. The van der Waals surface area contributed by atoms with Crippen molar-refractivity contribution in [3.63, 3.8) is 0 Å². The van der Waals surface area contributed by atoms with Crippen LogP contribution >= 0.6 is 0 Å². The Labute approximate surface area is 168 Å². The van der Waals surface area contributed by atoms with E-state index < -0.39 is 0 Å². The molecule has 144 valence electrons. The Morgan fingerprint density at radius 3 is 2.31 bits per heavy atom. The first-order valence-electron chi connectivity index (χ1n) is 9.28. The van der Waals surface area contributed by atoms with Gasteiger partial charge in [-0.2, -0.15) is 0 Å². The summed E-state index contributed by atoms with van der Waals surface area (Å²) < 4.78 is 0. The normalized spacial score (nSPS) is 13.1. The van der Waals surface area contributed by atoms with Crippen molar-refractivity contribution in [1.82, 2.24) is 5.32 Å². The molecule has 6 nitrogen and oxygen atoms in total. The predicted molar refractivity (Wildman–Crippen MR) is 111 cm³/mol. The monoisotopic (exact) mass is 385 g/mol. The van der Waals surface area contributed by atoms with Gasteiger partial charge in [0.15, 0.2) is 5.78 Å². The minimum Gasteiger partial charge on any atom is -0.336 e. The Balaban J connectivity index is 1.52. The summed E-state index contributed by atoms with van der Waals surface area (Å²) in [6, 6.07) is 22.6. The molecule has 0 unspecified atom stereocenters. The summed E-state index contributed by atoms with van der Waals surface area (Å²) in [5, 5.41) is 5.57. The van der Waals surface area contributed by atoms with E-state index in [1.165, 1.54) is 0 Å². The minimum absolute atomic E-state index is 0.108. The Kier molecular flexibility index (Phi) is 5.07. The maximum Gasteiger partial charge on any atom is 0.321 e. The van der Waals surface area contributed by atoms with E-state index in [0.29, 0.717) is 41.2 Å². The van der Waals surface area contributed by atoms with Crippen molar-refractivity contribution in [2.24, 2.45) is 0 Å². The van der Waals surface area contributed by atoms with Gasteiger partial charge >= 0.3 is 6.03 Å². The number of amides is 3. The van der Waals surface area contributed by atoms with E-state index >= 15 is 0 Å². The van der Waals surface area contributed by atoms with Crippen molar-refractivity contribution in [2.45, 2.75) is 0 Å². The van der Waals surface area contributed by atoms with Gasteiger partial charge < -0.3 is 10.6 Å². The van der Waals surface area contributed by atoms with Gasteiger partial charge in [0.1, 0.15) is 0 Å². The maximum atomic E-state index is 12.7. The predicted octanol–water partition coefficient (Wildman–Crippen LogP) is 3.70. The highest BCUT2D eigenvalue weighted by atomic mass is 16.2. The lowest BCUT2D eigenvalue weighted by Gasteiger charge is -2.15. The molecule has 0 aliphatic carbocycles. The van der Waals surface area contributed by atoms with Gasteiger partial charge in [0.05, 0.1) is 0 Å². The second kappa shape index (κ2) is 7.98. The van der Waals surface area contributed by atoms with Crippen LogP contribution in [0, 0.1) is 0 Å². The lowest BCUT2D eigenvalue weighted by atomic mass is 10.0. The third kappa shape index (κ3) is 4.01. The van der Waals surface area contributed by atoms with Gasteiger partial charge in [-0.25, -0.2) is 4.79 Å². The van der Waals surface area contributed by atoms with Crippen LogP contribution in [0.5, 0.6) is 0 Å². The summed E-state index contributed by atoms with van der Waals surface area (Å²) in [4.78, 5) is 38.8. The summed E-state index contributed by atoms with van der Waals surface area (Å²) in [5.41, 5.74) is 2.72. The highest BCUT2D eigenvalue weighted by Crippen LogP contribution is 2.20. The van der Waals surface area contributed by atoms with Gasteiger partial charge in [0, 0.05) is 41.2 Å². The molecule has 1 fully saturated rings. The Morgan fingerprint density at radius 2 is 1.55 bits per heavy atom. The van der Waals surface area contributed by atoms with Crippen LogP contribution in [0.1, 0.15) is 26.3 Å². The van der Waals surface area contributed by atoms with E-state index in [1.54, 1.807) is 65.6 Å². The van der Waals surface area contributed by atoms with E-state index in [1.807, 2.05) is 18.2 Å². The van der Waals surface area contributed by atoms with Gasteiger partial charge in [-0.3, -0.25) is 14.5 Å². The van der Waals surface area contributed by atoms with Gasteiger partial charge in [-0.15, -0.1) is 0 Å². The lowest BCUT2D eigenvalue weighted by Crippen LogP contribution is -2.27. The molecule has 2 N–H and O–H groups in total. The van der Waals surface area contributed by atoms with Crippen LogP contribution in [0.25, 0.3) is 0 Å². The van der Waals surface area contributed by atoms with E-state index in [0.717, 1.165) is 0 Å². The molecule has 3 amide bonds. The van der Waals surface area contributed by atoms with Gasteiger partial charge in [-0.05, 0) is 30.3 Å². The fourth-order valence-corrected chi connectivity index (χ4v) is 3.23. The molecule has 0 atom stereocenters. The highest BCUT2D eigenvalue weighted by molar-refractivity contribution is 6.10. The van der Waals surface area contributed by atoms with E-state index in [9.17, 15) is 14.4 Å². The number of ketones is 1. The van der Waals surface area contributed by atoms with Crippen molar-refractivity contribution < 1.29 is 14.4 Å².